The van der Waals surface area contributed by atoms with Crippen LogP contribution in [0, 0.1) is 52.3 Å². The van der Waals surface area contributed by atoms with E-state index in [0.717, 1.165) is 30.8 Å². The third-order valence-electron chi connectivity index (χ3n) is 10.6. The Morgan fingerprint density at radius 2 is 1.84 bits per heavy atom. The number of allylic oxidation sites excluding steroid dienone is 1. The van der Waals surface area contributed by atoms with Gasteiger partial charge in [0.2, 0.25) is 0 Å². The molecule has 4 aliphatic carbocycles. The van der Waals surface area contributed by atoms with E-state index >= 15 is 0 Å². The Morgan fingerprint density at radius 1 is 1.12 bits per heavy atom. The molecule has 2 N–H and O–H groups in total. The van der Waals surface area contributed by atoms with Gasteiger partial charge in [0.1, 0.15) is 0 Å². The van der Waals surface area contributed by atoms with Crippen molar-refractivity contribution < 1.29 is 19.8 Å². The van der Waals surface area contributed by atoms with Crippen LogP contribution in [-0.4, -0.2) is 28.1 Å². The molecule has 9 atom stereocenters. The van der Waals surface area contributed by atoms with E-state index in [1.165, 1.54) is 25.7 Å². The first-order chi connectivity index (χ1) is 15.0. The van der Waals surface area contributed by atoms with Crippen molar-refractivity contribution in [3.05, 3.63) is 11.6 Å². The molecule has 3 saturated carbocycles. The van der Waals surface area contributed by atoms with Crippen molar-refractivity contribution >= 4 is 11.8 Å². The number of hydrogen-bond donors (Lipinski definition) is 2. The van der Waals surface area contributed by atoms with Crippen molar-refractivity contribution in [1.29, 1.82) is 0 Å². The molecule has 4 rings (SSSR count). The van der Waals surface area contributed by atoms with E-state index in [2.05, 4.69) is 34.6 Å². The zero-order valence-corrected chi connectivity index (χ0v) is 20.8. The summed E-state index contributed by atoms with van der Waals surface area (Å²) >= 11 is 0. The standard InChI is InChI=1S/C28H44O4/c1-16(2)7-6-8-17(3)20-9-10-21-25-22(11-12-27(20,21)4)28(5)18(14-24(25)30)13-19(29)15-23(28)26(31)32/h14,16-17,19-23,25,29H,6-13,15H2,1-5H3,(H,31,32)/t17-,19-,20-,21+,22+,23?,25+,27-,28+/m1/s1. The highest BCUT2D eigenvalue weighted by Crippen LogP contribution is 2.67. The van der Waals surface area contributed by atoms with E-state index in [1.54, 1.807) is 6.08 Å². The highest BCUT2D eigenvalue weighted by Gasteiger charge is 2.64. The molecule has 0 spiro atoms. The number of carboxylic acids is 1. The molecule has 0 radical (unpaired) electrons. The molecule has 0 aromatic rings. The molecular formula is C28H44O4. The summed E-state index contributed by atoms with van der Waals surface area (Å²) in [5.41, 5.74) is 0.573. The Morgan fingerprint density at radius 3 is 2.50 bits per heavy atom. The number of ketones is 1. The molecule has 4 nitrogen and oxygen atoms in total. The fourth-order valence-electron chi connectivity index (χ4n) is 8.87. The van der Waals surface area contributed by atoms with Crippen LogP contribution < -0.4 is 0 Å². The number of carbonyl (C=O) groups is 2. The number of rotatable bonds is 6. The van der Waals surface area contributed by atoms with Gasteiger partial charge in [0.25, 0.3) is 0 Å². The van der Waals surface area contributed by atoms with Crippen molar-refractivity contribution in [1.82, 2.24) is 0 Å². The molecule has 0 heterocycles. The number of carboxylic acid groups (broad SMARTS) is 1. The molecule has 4 aliphatic rings. The van der Waals surface area contributed by atoms with Crippen molar-refractivity contribution in [2.75, 3.05) is 0 Å². The minimum atomic E-state index is -0.818. The van der Waals surface area contributed by atoms with Crippen molar-refractivity contribution in [3.63, 3.8) is 0 Å². The van der Waals surface area contributed by atoms with Gasteiger partial charge in [-0.15, -0.1) is 0 Å². The van der Waals surface area contributed by atoms with Gasteiger partial charge in [-0.2, -0.15) is 0 Å². The van der Waals surface area contributed by atoms with Crippen LogP contribution in [0.25, 0.3) is 0 Å². The first-order valence-electron chi connectivity index (χ1n) is 13.2. The molecule has 0 aliphatic heterocycles. The Hall–Kier alpha value is -1.16. The minimum Gasteiger partial charge on any atom is -0.481 e. The molecule has 0 bridgehead atoms. The van der Waals surface area contributed by atoms with E-state index in [4.69, 9.17) is 0 Å². The highest BCUT2D eigenvalue weighted by atomic mass is 16.4. The molecule has 180 valence electrons. The quantitative estimate of drug-likeness (QED) is 0.536. The SMILES string of the molecule is CC(C)CCC[C@@H](C)[C@H]1CC[C@H]2[C@@H]3C(=O)C=C4C[C@@H](O)CC(C(=O)O)[C@]4(C)[C@H]3CC[C@]12C. The van der Waals surface area contributed by atoms with Crippen molar-refractivity contribution in [3.8, 4) is 0 Å². The first kappa shape index (κ1) is 24.0. The van der Waals surface area contributed by atoms with Gasteiger partial charge in [-0.3, -0.25) is 9.59 Å². The Kier molecular flexibility index (Phi) is 6.42. The number of aliphatic hydroxyl groups is 1. The number of aliphatic carboxylic acids is 1. The Balaban J connectivity index is 1.61. The van der Waals surface area contributed by atoms with Crippen LogP contribution in [0.3, 0.4) is 0 Å². The molecule has 0 saturated heterocycles. The van der Waals surface area contributed by atoms with Gasteiger partial charge in [-0.25, -0.2) is 0 Å². The maximum Gasteiger partial charge on any atom is 0.307 e. The highest BCUT2D eigenvalue weighted by molar-refractivity contribution is 5.95. The van der Waals surface area contributed by atoms with Crippen LogP contribution in [0.2, 0.25) is 0 Å². The average molecular weight is 445 g/mol. The van der Waals surface area contributed by atoms with Crippen molar-refractivity contribution in [2.24, 2.45) is 52.3 Å². The molecule has 3 fully saturated rings. The van der Waals surface area contributed by atoms with Gasteiger partial charge in [0, 0.05) is 11.3 Å². The monoisotopic (exact) mass is 444 g/mol. The van der Waals surface area contributed by atoms with Gasteiger partial charge < -0.3 is 10.2 Å². The smallest absolute Gasteiger partial charge is 0.307 e. The van der Waals surface area contributed by atoms with Crippen LogP contribution in [-0.2, 0) is 9.59 Å². The van der Waals surface area contributed by atoms with E-state index < -0.39 is 23.4 Å². The average Bonchev–Trinajstić information content (AvgIpc) is 3.05. The summed E-state index contributed by atoms with van der Waals surface area (Å²) in [5, 5.41) is 20.4. The molecule has 0 aromatic heterocycles. The zero-order chi connectivity index (χ0) is 23.4. The summed E-state index contributed by atoms with van der Waals surface area (Å²) < 4.78 is 0. The molecule has 4 heteroatoms. The van der Waals surface area contributed by atoms with Gasteiger partial charge in [0.05, 0.1) is 12.0 Å². The fraction of sp³-hybridized carbons (Fsp3) is 0.857. The van der Waals surface area contributed by atoms with Crippen LogP contribution >= 0.6 is 0 Å². The maximum absolute atomic E-state index is 13.5. The molecule has 0 aromatic carbocycles. The van der Waals surface area contributed by atoms with Crippen LogP contribution in [0.15, 0.2) is 11.6 Å². The molecule has 0 amide bonds. The Labute approximate surface area is 194 Å². The third-order valence-corrected chi connectivity index (χ3v) is 10.6. The number of hydrogen-bond acceptors (Lipinski definition) is 3. The summed E-state index contributed by atoms with van der Waals surface area (Å²) in [4.78, 5) is 25.8. The second-order valence-corrected chi connectivity index (χ2v) is 12.6. The van der Waals surface area contributed by atoms with E-state index in [-0.39, 0.29) is 23.0 Å². The van der Waals surface area contributed by atoms with E-state index in [9.17, 15) is 19.8 Å². The summed E-state index contributed by atoms with van der Waals surface area (Å²) in [5.74, 6) is 1.29. The lowest BCUT2D eigenvalue weighted by atomic mass is 9.44. The predicted molar refractivity (Wildman–Crippen MR) is 126 cm³/mol. The number of aliphatic hydroxyl groups excluding tert-OH is 1. The molecular weight excluding hydrogens is 400 g/mol. The van der Waals surface area contributed by atoms with Gasteiger partial charge >= 0.3 is 5.97 Å². The van der Waals surface area contributed by atoms with Crippen LogP contribution in [0.5, 0.6) is 0 Å². The zero-order valence-electron chi connectivity index (χ0n) is 20.8. The summed E-state index contributed by atoms with van der Waals surface area (Å²) in [6.45, 7) is 11.6. The lowest BCUT2D eigenvalue weighted by Crippen LogP contribution is -2.57. The number of carbonyl (C=O) groups excluding carboxylic acids is 1. The van der Waals surface area contributed by atoms with E-state index in [0.29, 0.717) is 30.6 Å². The lowest BCUT2D eigenvalue weighted by molar-refractivity contribution is -0.158. The predicted octanol–water partition coefficient (Wildman–Crippen LogP) is 5.88. The topological polar surface area (TPSA) is 74.6 Å². The lowest BCUT2D eigenvalue weighted by Gasteiger charge is -2.59. The van der Waals surface area contributed by atoms with Gasteiger partial charge in [0.15, 0.2) is 5.78 Å². The summed E-state index contributed by atoms with van der Waals surface area (Å²) in [7, 11) is 0. The maximum atomic E-state index is 13.5. The number of fused-ring (bicyclic) bond motifs is 5. The second kappa shape index (κ2) is 8.56. The second-order valence-electron chi connectivity index (χ2n) is 12.6. The Bertz CT molecular complexity index is 784. The fourth-order valence-corrected chi connectivity index (χ4v) is 8.87. The van der Waals surface area contributed by atoms with E-state index in [1.807, 2.05) is 0 Å². The van der Waals surface area contributed by atoms with Crippen LogP contribution in [0.1, 0.15) is 92.4 Å². The summed E-state index contributed by atoms with van der Waals surface area (Å²) in [6, 6.07) is 0. The minimum absolute atomic E-state index is 0.0487. The largest absolute Gasteiger partial charge is 0.481 e. The van der Waals surface area contributed by atoms with Crippen molar-refractivity contribution in [2.45, 2.75) is 98.5 Å². The normalized spacial score (nSPS) is 44.5. The van der Waals surface area contributed by atoms with Crippen LogP contribution in [0.4, 0.5) is 0 Å². The third kappa shape index (κ3) is 3.69. The van der Waals surface area contributed by atoms with Gasteiger partial charge in [-0.05, 0) is 79.6 Å². The molecule has 32 heavy (non-hydrogen) atoms. The van der Waals surface area contributed by atoms with Gasteiger partial charge in [-0.1, -0.05) is 59.5 Å². The summed E-state index contributed by atoms with van der Waals surface area (Å²) in [6.07, 6.45) is 10.1. The first-order valence-corrected chi connectivity index (χ1v) is 13.2. The molecule has 1 unspecified atom stereocenters.